The summed E-state index contributed by atoms with van der Waals surface area (Å²) in [6, 6.07) is 0. The van der Waals surface area contributed by atoms with Crippen LogP contribution in [0.3, 0.4) is 0 Å². The second-order valence-electron chi connectivity index (χ2n) is 12.1. The van der Waals surface area contributed by atoms with Gasteiger partial charge >= 0.3 is 5.97 Å². The van der Waals surface area contributed by atoms with Crippen molar-refractivity contribution in [2.45, 2.75) is 78.7 Å². The van der Waals surface area contributed by atoms with E-state index in [1.54, 1.807) is 0 Å². The van der Waals surface area contributed by atoms with Crippen molar-refractivity contribution in [2.24, 2.45) is 51.8 Å². The molecule has 0 aromatic rings. The number of carbonyl (C=O) groups is 1. The summed E-state index contributed by atoms with van der Waals surface area (Å²) < 4.78 is 0. The van der Waals surface area contributed by atoms with Gasteiger partial charge < -0.3 is 15.3 Å². The van der Waals surface area contributed by atoms with Gasteiger partial charge in [0, 0.05) is 17.6 Å². The Balaban J connectivity index is 1.66. The van der Waals surface area contributed by atoms with Crippen molar-refractivity contribution >= 4 is 5.97 Å². The first-order chi connectivity index (χ1) is 13.6. The second kappa shape index (κ2) is 6.09. The van der Waals surface area contributed by atoms with Gasteiger partial charge in [-0.2, -0.15) is 0 Å². The van der Waals surface area contributed by atoms with Crippen LogP contribution in [0.25, 0.3) is 0 Å². The van der Waals surface area contributed by atoms with Gasteiger partial charge in [-0.15, -0.1) is 0 Å². The van der Waals surface area contributed by atoms with E-state index >= 15 is 0 Å². The van der Waals surface area contributed by atoms with Crippen LogP contribution in [0.4, 0.5) is 0 Å². The van der Waals surface area contributed by atoms with Gasteiger partial charge in [-0.3, -0.25) is 0 Å². The third-order valence-corrected chi connectivity index (χ3v) is 10.8. The first-order valence-electron chi connectivity index (χ1n) is 11.8. The predicted molar refractivity (Wildman–Crippen MR) is 111 cm³/mol. The van der Waals surface area contributed by atoms with E-state index in [0.29, 0.717) is 47.5 Å². The molecule has 29 heavy (non-hydrogen) atoms. The second-order valence-corrected chi connectivity index (χ2v) is 12.1. The number of aliphatic hydroxyl groups is 2. The Bertz CT molecular complexity index is 771. The molecule has 0 spiro atoms. The number of aliphatic hydroxyl groups excluding tert-OH is 2. The number of allylic oxidation sites excluding steroid dienone is 1. The highest BCUT2D eigenvalue weighted by molar-refractivity contribution is 5.88. The molecule has 0 heterocycles. The Hall–Kier alpha value is -0.870. The molecular weight excluding hydrogens is 364 g/mol. The minimum atomic E-state index is -0.744. The maximum absolute atomic E-state index is 12.0. The Kier molecular flexibility index (Phi) is 4.22. The van der Waals surface area contributed by atoms with E-state index < -0.39 is 5.97 Å². The van der Waals surface area contributed by atoms with Crippen LogP contribution >= 0.6 is 0 Å². The number of hydrogen-bond acceptors (Lipinski definition) is 3. The maximum Gasteiger partial charge on any atom is 0.331 e. The number of hydrogen-bond donors (Lipinski definition) is 3. The Labute approximate surface area is 174 Å². The van der Waals surface area contributed by atoms with Crippen LogP contribution in [-0.2, 0) is 4.79 Å². The molecule has 0 bridgehead atoms. The van der Waals surface area contributed by atoms with Crippen LogP contribution < -0.4 is 0 Å². The summed E-state index contributed by atoms with van der Waals surface area (Å²) in [5.41, 5.74) is 1.73. The lowest BCUT2D eigenvalue weighted by Gasteiger charge is -2.56. The van der Waals surface area contributed by atoms with Crippen LogP contribution in [0.5, 0.6) is 0 Å². The van der Waals surface area contributed by atoms with Gasteiger partial charge in [-0.25, -0.2) is 4.79 Å². The Morgan fingerprint density at radius 2 is 1.90 bits per heavy atom. The zero-order valence-corrected chi connectivity index (χ0v) is 18.4. The monoisotopic (exact) mass is 402 g/mol. The lowest BCUT2D eigenvalue weighted by atomic mass is 9.49. The minimum Gasteiger partial charge on any atom is -0.478 e. The van der Waals surface area contributed by atoms with Crippen molar-refractivity contribution in [1.82, 2.24) is 0 Å². The zero-order valence-electron chi connectivity index (χ0n) is 18.4. The molecule has 5 aliphatic rings. The first kappa shape index (κ1) is 20.1. The average molecular weight is 403 g/mol. The van der Waals surface area contributed by atoms with Gasteiger partial charge in [0.05, 0.1) is 6.10 Å². The summed E-state index contributed by atoms with van der Waals surface area (Å²) in [5.74, 6) is 2.03. The van der Waals surface area contributed by atoms with E-state index in [2.05, 4.69) is 27.7 Å². The normalized spacial score (nSPS) is 53.2. The van der Waals surface area contributed by atoms with Gasteiger partial charge in [-0.05, 0) is 91.3 Å². The fraction of sp³-hybridized carbons (Fsp3) is 0.880. The molecule has 4 saturated carbocycles. The number of fused-ring (bicyclic) bond motifs is 7. The van der Waals surface area contributed by atoms with Crippen molar-refractivity contribution in [3.63, 3.8) is 0 Å². The maximum atomic E-state index is 12.0. The Morgan fingerprint density at radius 3 is 2.52 bits per heavy atom. The lowest BCUT2D eigenvalue weighted by Crippen LogP contribution is -2.53. The van der Waals surface area contributed by atoms with E-state index in [4.69, 9.17) is 0 Å². The summed E-state index contributed by atoms with van der Waals surface area (Å²) in [4.78, 5) is 12.0. The van der Waals surface area contributed by atoms with Crippen molar-refractivity contribution in [3.05, 3.63) is 11.1 Å². The fourth-order valence-electron chi connectivity index (χ4n) is 9.04. The van der Waals surface area contributed by atoms with Crippen LogP contribution in [0.1, 0.15) is 72.6 Å². The van der Waals surface area contributed by atoms with Gasteiger partial charge in [-0.1, -0.05) is 33.3 Å². The molecule has 0 aromatic carbocycles. The molecule has 4 heteroatoms. The average Bonchev–Trinajstić information content (AvgIpc) is 3.04. The third kappa shape index (κ3) is 2.42. The van der Waals surface area contributed by atoms with Crippen LogP contribution in [-0.4, -0.2) is 34.0 Å². The predicted octanol–water partition coefficient (Wildman–Crippen LogP) is 4.26. The summed E-state index contributed by atoms with van der Waals surface area (Å²) in [5, 5.41) is 31.8. The quantitative estimate of drug-likeness (QED) is 0.659. The molecule has 162 valence electrons. The molecule has 0 unspecified atom stereocenters. The zero-order chi connectivity index (χ0) is 20.9. The summed E-state index contributed by atoms with van der Waals surface area (Å²) in [7, 11) is 0. The standard InChI is InChI=1S/C25H38O4/c1-13(2)15-9-19(27)23(3)7-8-25(12-26)10-16-14(22(28)29)5-6-17(16)24(4)11-18(24)21(25)20(15)23/h13,15,17-21,26-27H,5-12H2,1-4H3,(H,28,29)/t15-,17-,18-,19-,20+,21+,23-,24+,25-/m1/s1. The molecule has 4 fully saturated rings. The minimum absolute atomic E-state index is 0.0643. The number of rotatable bonds is 3. The van der Waals surface area contributed by atoms with Gasteiger partial charge in [0.25, 0.3) is 0 Å². The van der Waals surface area contributed by atoms with E-state index in [1.807, 2.05) is 0 Å². The molecule has 5 aliphatic carbocycles. The van der Waals surface area contributed by atoms with Crippen molar-refractivity contribution in [3.8, 4) is 0 Å². The van der Waals surface area contributed by atoms with E-state index in [-0.39, 0.29) is 29.0 Å². The fourth-order valence-corrected chi connectivity index (χ4v) is 9.04. The van der Waals surface area contributed by atoms with Crippen LogP contribution in [0.15, 0.2) is 11.1 Å². The van der Waals surface area contributed by atoms with E-state index in [1.165, 1.54) is 5.57 Å². The molecular formula is C25H38O4. The molecule has 9 atom stereocenters. The molecule has 0 aromatic heterocycles. The lowest BCUT2D eigenvalue weighted by molar-refractivity contribution is -0.132. The molecule has 0 saturated heterocycles. The Morgan fingerprint density at radius 1 is 1.17 bits per heavy atom. The molecule has 5 rings (SSSR count). The number of carboxylic acids is 1. The molecule has 4 nitrogen and oxygen atoms in total. The third-order valence-electron chi connectivity index (χ3n) is 10.8. The molecule has 0 amide bonds. The van der Waals surface area contributed by atoms with Crippen molar-refractivity contribution in [2.75, 3.05) is 6.61 Å². The molecule has 0 radical (unpaired) electrons. The SMILES string of the molecule is CC(C)[C@H]1C[C@@H](O)[C@@]2(C)CC[C@]3(CO)CC4=C(C(=O)O)CC[C@H]4[C@]4(C)C[C@@H]4[C@H]3[C@H]12. The van der Waals surface area contributed by atoms with E-state index in [0.717, 1.165) is 38.5 Å². The van der Waals surface area contributed by atoms with Crippen LogP contribution in [0, 0.1) is 51.8 Å². The van der Waals surface area contributed by atoms with Gasteiger partial charge in [0.2, 0.25) is 0 Å². The largest absolute Gasteiger partial charge is 0.478 e. The molecule has 3 N–H and O–H groups in total. The van der Waals surface area contributed by atoms with Crippen LogP contribution in [0.2, 0.25) is 0 Å². The molecule has 0 aliphatic heterocycles. The highest BCUT2D eigenvalue weighted by atomic mass is 16.4. The first-order valence-corrected chi connectivity index (χ1v) is 11.8. The topological polar surface area (TPSA) is 77.8 Å². The van der Waals surface area contributed by atoms with Gasteiger partial charge in [0.15, 0.2) is 0 Å². The number of aliphatic carboxylic acids is 1. The van der Waals surface area contributed by atoms with Crippen molar-refractivity contribution in [1.29, 1.82) is 0 Å². The van der Waals surface area contributed by atoms with Crippen molar-refractivity contribution < 1.29 is 20.1 Å². The highest BCUT2D eigenvalue weighted by Crippen LogP contribution is 2.77. The van der Waals surface area contributed by atoms with E-state index in [9.17, 15) is 20.1 Å². The summed E-state index contributed by atoms with van der Waals surface area (Å²) in [6.45, 7) is 9.43. The summed E-state index contributed by atoms with van der Waals surface area (Å²) >= 11 is 0. The number of carboxylic acid groups (broad SMARTS) is 1. The van der Waals surface area contributed by atoms with Gasteiger partial charge in [0.1, 0.15) is 0 Å². The highest BCUT2D eigenvalue weighted by Gasteiger charge is 2.72. The summed E-state index contributed by atoms with van der Waals surface area (Å²) in [6.07, 6.45) is 6.08. The smallest absolute Gasteiger partial charge is 0.331 e.